The Labute approximate surface area is 94.8 Å². The number of hydrogen-bond acceptors (Lipinski definition) is 4. The third-order valence-corrected chi connectivity index (χ3v) is 3.68. The van der Waals surface area contributed by atoms with Crippen molar-refractivity contribution >= 4 is 17.7 Å². The van der Waals surface area contributed by atoms with Crippen LogP contribution in [0.1, 0.15) is 27.2 Å². The molecule has 0 aromatic heterocycles. The molecule has 0 aromatic carbocycles. The van der Waals surface area contributed by atoms with Crippen LogP contribution in [0.25, 0.3) is 0 Å². The van der Waals surface area contributed by atoms with Crippen LogP contribution in [-0.2, 0) is 9.53 Å². The number of carbonyl (C=O) groups is 1. The first-order chi connectivity index (χ1) is 6.97. The Morgan fingerprint density at radius 3 is 2.87 bits per heavy atom. The van der Waals surface area contributed by atoms with E-state index in [1.54, 1.807) is 0 Å². The van der Waals surface area contributed by atoms with E-state index in [2.05, 4.69) is 4.90 Å². The molecule has 4 heteroatoms. The molecule has 2 aliphatic heterocycles. The maximum atomic E-state index is 11.9. The summed E-state index contributed by atoms with van der Waals surface area (Å²) < 4.78 is 5.37. The molecule has 2 heterocycles. The van der Waals surface area contributed by atoms with Gasteiger partial charge in [-0.05, 0) is 33.3 Å². The molecule has 0 bridgehead atoms. The van der Waals surface area contributed by atoms with Crippen molar-refractivity contribution < 1.29 is 9.53 Å². The summed E-state index contributed by atoms with van der Waals surface area (Å²) in [6, 6.07) is 0. The molecule has 0 spiro atoms. The lowest BCUT2D eigenvalue weighted by atomic mass is 10.1. The van der Waals surface area contributed by atoms with E-state index >= 15 is 0 Å². The molecule has 3 nitrogen and oxygen atoms in total. The first-order valence-electron chi connectivity index (χ1n) is 5.29. The molecule has 0 saturated carbocycles. The average Bonchev–Trinajstić information content (AvgIpc) is 2.03. The van der Waals surface area contributed by atoms with Gasteiger partial charge in [-0.15, -0.1) is 11.8 Å². The summed E-state index contributed by atoms with van der Waals surface area (Å²) in [5.41, 5.74) is 0.364. The Kier molecular flexibility index (Phi) is 2.71. The molecule has 0 radical (unpaired) electrons. The van der Waals surface area contributed by atoms with E-state index in [-0.39, 0.29) is 5.97 Å². The van der Waals surface area contributed by atoms with Gasteiger partial charge in [0.15, 0.2) is 0 Å². The van der Waals surface area contributed by atoms with Crippen LogP contribution < -0.4 is 0 Å². The SMILES string of the molecule is CC(C)(C)OC(=O)C1=CCSC2CCN12. The molecular weight excluding hydrogens is 210 g/mol. The second-order valence-electron chi connectivity index (χ2n) is 4.86. The molecule has 2 rings (SSSR count). The molecule has 1 saturated heterocycles. The fraction of sp³-hybridized carbons (Fsp3) is 0.727. The van der Waals surface area contributed by atoms with Crippen LogP contribution in [0.2, 0.25) is 0 Å². The van der Waals surface area contributed by atoms with Crippen LogP contribution >= 0.6 is 11.8 Å². The van der Waals surface area contributed by atoms with E-state index in [1.165, 1.54) is 6.42 Å². The molecule has 1 fully saturated rings. The molecule has 1 unspecified atom stereocenters. The highest BCUT2D eigenvalue weighted by Crippen LogP contribution is 2.36. The smallest absolute Gasteiger partial charge is 0.354 e. The van der Waals surface area contributed by atoms with Crippen LogP contribution in [-0.4, -0.2) is 34.1 Å². The van der Waals surface area contributed by atoms with Gasteiger partial charge in [0.05, 0.1) is 5.37 Å². The van der Waals surface area contributed by atoms with Gasteiger partial charge in [-0.25, -0.2) is 4.79 Å². The molecule has 1 atom stereocenters. The molecule has 84 valence electrons. The molecule has 0 N–H and O–H groups in total. The number of ether oxygens (including phenoxy) is 1. The van der Waals surface area contributed by atoms with Crippen LogP contribution in [0, 0.1) is 0 Å². The topological polar surface area (TPSA) is 29.5 Å². The van der Waals surface area contributed by atoms with E-state index < -0.39 is 5.60 Å². The third-order valence-electron chi connectivity index (χ3n) is 2.45. The Balaban J connectivity index is 2.03. The van der Waals surface area contributed by atoms with Crippen molar-refractivity contribution in [2.45, 2.75) is 38.2 Å². The zero-order chi connectivity index (χ0) is 11.1. The summed E-state index contributed by atoms with van der Waals surface area (Å²) in [7, 11) is 0. The second kappa shape index (κ2) is 3.74. The van der Waals surface area contributed by atoms with Gasteiger partial charge in [-0.2, -0.15) is 0 Å². The lowest BCUT2D eigenvalue weighted by molar-refractivity contribution is -0.152. The van der Waals surface area contributed by atoms with Crippen molar-refractivity contribution in [2.75, 3.05) is 12.3 Å². The number of thioether (sulfide) groups is 1. The van der Waals surface area contributed by atoms with E-state index in [0.29, 0.717) is 5.37 Å². The van der Waals surface area contributed by atoms with Crippen LogP contribution in [0.5, 0.6) is 0 Å². The first-order valence-corrected chi connectivity index (χ1v) is 6.34. The third kappa shape index (κ3) is 2.30. The number of hydrogen-bond donors (Lipinski definition) is 0. The summed E-state index contributed by atoms with van der Waals surface area (Å²) in [5, 5.41) is 0.512. The van der Waals surface area contributed by atoms with E-state index in [0.717, 1.165) is 18.0 Å². The van der Waals surface area contributed by atoms with Crippen molar-refractivity contribution in [2.24, 2.45) is 0 Å². The monoisotopic (exact) mass is 227 g/mol. The predicted octanol–water partition coefficient (Wildman–Crippen LogP) is 1.99. The van der Waals surface area contributed by atoms with Gasteiger partial charge in [-0.1, -0.05) is 0 Å². The van der Waals surface area contributed by atoms with E-state index in [1.807, 2.05) is 38.6 Å². The quantitative estimate of drug-likeness (QED) is 0.641. The van der Waals surface area contributed by atoms with Crippen LogP contribution in [0.3, 0.4) is 0 Å². The van der Waals surface area contributed by atoms with Gasteiger partial charge < -0.3 is 9.64 Å². The zero-order valence-electron chi connectivity index (χ0n) is 9.45. The lowest BCUT2D eigenvalue weighted by Crippen LogP contribution is -2.49. The van der Waals surface area contributed by atoms with Crippen molar-refractivity contribution in [1.82, 2.24) is 4.90 Å². The molecule has 2 aliphatic rings. The summed E-state index contributed by atoms with van der Waals surface area (Å²) >= 11 is 1.89. The Bertz CT molecular complexity index is 306. The minimum absolute atomic E-state index is 0.174. The molecule has 0 aromatic rings. The number of esters is 1. The van der Waals surface area contributed by atoms with Crippen LogP contribution in [0.4, 0.5) is 0 Å². The highest BCUT2D eigenvalue weighted by Gasteiger charge is 2.36. The molecule has 0 amide bonds. The number of nitrogens with zero attached hydrogens (tertiary/aromatic N) is 1. The summed E-state index contributed by atoms with van der Waals surface area (Å²) in [5.74, 6) is 0.753. The Morgan fingerprint density at radius 2 is 2.33 bits per heavy atom. The Hall–Kier alpha value is -0.640. The average molecular weight is 227 g/mol. The summed E-state index contributed by atoms with van der Waals surface area (Å²) in [6.07, 6.45) is 3.17. The number of carbonyl (C=O) groups excluding carboxylic acids is 1. The first kappa shape index (κ1) is 10.9. The predicted molar refractivity (Wildman–Crippen MR) is 61.5 cm³/mol. The van der Waals surface area contributed by atoms with Gasteiger partial charge >= 0.3 is 5.97 Å². The summed E-state index contributed by atoms with van der Waals surface area (Å²) in [6.45, 7) is 6.69. The highest BCUT2D eigenvalue weighted by molar-refractivity contribution is 8.00. The van der Waals surface area contributed by atoms with Crippen molar-refractivity contribution in [3.63, 3.8) is 0 Å². The zero-order valence-corrected chi connectivity index (χ0v) is 10.3. The van der Waals surface area contributed by atoms with Crippen molar-refractivity contribution in [3.05, 3.63) is 11.8 Å². The second-order valence-corrected chi connectivity index (χ2v) is 6.07. The lowest BCUT2D eigenvalue weighted by Gasteiger charge is -2.45. The fourth-order valence-electron chi connectivity index (χ4n) is 1.70. The maximum Gasteiger partial charge on any atom is 0.354 e. The largest absolute Gasteiger partial charge is 0.455 e. The highest BCUT2D eigenvalue weighted by atomic mass is 32.2. The Morgan fingerprint density at radius 1 is 1.60 bits per heavy atom. The number of fused-ring (bicyclic) bond motifs is 1. The van der Waals surface area contributed by atoms with Crippen molar-refractivity contribution in [1.29, 1.82) is 0 Å². The summed E-state index contributed by atoms with van der Waals surface area (Å²) in [4.78, 5) is 14.0. The van der Waals surface area contributed by atoms with Gasteiger partial charge in [0.2, 0.25) is 0 Å². The maximum absolute atomic E-state index is 11.9. The number of rotatable bonds is 1. The van der Waals surface area contributed by atoms with Gasteiger partial charge in [0, 0.05) is 12.3 Å². The normalized spacial score (nSPS) is 25.1. The van der Waals surface area contributed by atoms with Gasteiger partial charge in [0.25, 0.3) is 0 Å². The standard InChI is InChI=1S/C11H17NO2S/c1-11(2,3)14-10(13)8-5-7-15-9-4-6-12(8)9/h5,9H,4,6-7H2,1-3H3. The van der Waals surface area contributed by atoms with Gasteiger partial charge in [0.1, 0.15) is 11.3 Å². The molecule has 0 aliphatic carbocycles. The molecular formula is C11H17NO2S. The van der Waals surface area contributed by atoms with Gasteiger partial charge in [-0.3, -0.25) is 0 Å². The fourth-order valence-corrected chi connectivity index (χ4v) is 2.85. The van der Waals surface area contributed by atoms with E-state index in [9.17, 15) is 4.79 Å². The van der Waals surface area contributed by atoms with Crippen LogP contribution in [0.15, 0.2) is 11.8 Å². The molecule has 15 heavy (non-hydrogen) atoms. The minimum atomic E-state index is -0.400. The van der Waals surface area contributed by atoms with Crippen molar-refractivity contribution in [3.8, 4) is 0 Å². The minimum Gasteiger partial charge on any atom is -0.455 e. The van der Waals surface area contributed by atoms with E-state index in [4.69, 9.17) is 4.74 Å².